The molecule has 0 rings (SSSR count). The Labute approximate surface area is 76.6 Å². The van der Waals surface area contributed by atoms with E-state index in [-0.39, 0.29) is 0 Å². The molecule has 0 spiro atoms. The average molecular weight is 190 g/mol. The molecule has 0 radical (unpaired) electrons. The molecule has 0 aliphatic rings. The zero-order chi connectivity index (χ0) is 9.45. The predicted octanol–water partition coefficient (Wildman–Crippen LogP) is 0.977. The normalized spacial score (nSPS) is 12.6. The summed E-state index contributed by atoms with van der Waals surface area (Å²) < 4.78 is 15.8. The first-order valence-electron chi connectivity index (χ1n) is 4.09. The molecule has 3 nitrogen and oxygen atoms in total. The second kappa shape index (κ2) is 6.36. The number of methoxy groups -OCH3 is 2. The van der Waals surface area contributed by atoms with Gasteiger partial charge in [-0.2, -0.15) is 0 Å². The maximum Gasteiger partial charge on any atom is 0.272 e. The lowest BCUT2D eigenvalue weighted by molar-refractivity contribution is -0.326. The molecule has 0 unspecified atom stereocenters. The fourth-order valence-electron chi connectivity index (χ4n) is 0.970. The highest BCUT2D eigenvalue weighted by Gasteiger charge is 2.28. The topological polar surface area (TPSA) is 27.7 Å². The summed E-state index contributed by atoms with van der Waals surface area (Å²) in [5.74, 6) is -0.824. The number of hydrogen-bond acceptors (Lipinski definition) is 3. The van der Waals surface area contributed by atoms with Crippen molar-refractivity contribution in [2.75, 3.05) is 14.2 Å². The first-order valence-corrected chi connectivity index (χ1v) is 5.49. The van der Waals surface area contributed by atoms with Gasteiger partial charge < -0.3 is 13.9 Å². The van der Waals surface area contributed by atoms with E-state index in [0.29, 0.717) is 0 Å². The van der Waals surface area contributed by atoms with Crippen molar-refractivity contribution in [2.45, 2.75) is 25.7 Å². The first kappa shape index (κ1) is 11.8. The van der Waals surface area contributed by atoms with Gasteiger partial charge in [-0.05, 0) is 6.42 Å². The van der Waals surface area contributed by atoms with Crippen molar-refractivity contribution in [1.82, 2.24) is 0 Å². The van der Waals surface area contributed by atoms with Crippen molar-refractivity contribution >= 4 is 9.76 Å². The van der Waals surface area contributed by atoms with Crippen molar-refractivity contribution in [3.8, 4) is 0 Å². The Morgan fingerprint density at radius 1 is 1.42 bits per heavy atom. The molecule has 0 N–H and O–H groups in total. The standard InChI is InChI=1S/C8H18O3Si/c1-5-7-8(9-3,10-4)11-12-6-2/h6H,2,5,7,12H2,1,3-4H3. The van der Waals surface area contributed by atoms with Gasteiger partial charge in [0.05, 0.1) is 0 Å². The Morgan fingerprint density at radius 2 is 2.00 bits per heavy atom. The quantitative estimate of drug-likeness (QED) is 0.442. The summed E-state index contributed by atoms with van der Waals surface area (Å²) in [4.78, 5) is 0. The van der Waals surface area contributed by atoms with Crippen LogP contribution in [0.2, 0.25) is 0 Å². The van der Waals surface area contributed by atoms with Crippen LogP contribution in [-0.2, 0) is 13.9 Å². The molecule has 0 aliphatic heterocycles. The number of hydrogen-bond donors (Lipinski definition) is 0. The van der Waals surface area contributed by atoms with Gasteiger partial charge in [-0.3, -0.25) is 0 Å². The SMILES string of the molecule is C=C[SiH2]OC(CCC)(OC)OC. The smallest absolute Gasteiger partial charge is 0.272 e. The van der Waals surface area contributed by atoms with E-state index in [9.17, 15) is 0 Å². The summed E-state index contributed by atoms with van der Waals surface area (Å²) in [6.07, 6.45) is 1.72. The van der Waals surface area contributed by atoms with Crippen LogP contribution >= 0.6 is 0 Å². The average Bonchev–Trinajstić information content (AvgIpc) is 2.13. The van der Waals surface area contributed by atoms with Crippen LogP contribution < -0.4 is 0 Å². The Kier molecular flexibility index (Phi) is 6.28. The van der Waals surface area contributed by atoms with E-state index < -0.39 is 15.7 Å². The highest BCUT2D eigenvalue weighted by atomic mass is 28.2. The summed E-state index contributed by atoms with van der Waals surface area (Å²) >= 11 is 0. The second-order valence-corrected chi connectivity index (χ2v) is 3.64. The molecule has 0 aromatic carbocycles. The largest absolute Gasteiger partial charge is 0.371 e. The Morgan fingerprint density at radius 3 is 2.33 bits per heavy atom. The van der Waals surface area contributed by atoms with E-state index in [1.54, 1.807) is 14.2 Å². The maximum atomic E-state index is 5.49. The molecule has 0 bridgehead atoms. The van der Waals surface area contributed by atoms with Gasteiger partial charge in [0.15, 0.2) is 9.76 Å². The summed E-state index contributed by atoms with van der Waals surface area (Å²) in [5.41, 5.74) is 1.81. The van der Waals surface area contributed by atoms with Crippen LogP contribution in [0.3, 0.4) is 0 Å². The fraction of sp³-hybridized carbons (Fsp3) is 0.750. The molecule has 0 saturated heterocycles. The van der Waals surface area contributed by atoms with Crippen molar-refractivity contribution in [3.63, 3.8) is 0 Å². The zero-order valence-corrected chi connectivity index (χ0v) is 9.54. The van der Waals surface area contributed by atoms with E-state index in [1.165, 1.54) is 0 Å². The second-order valence-electron chi connectivity index (χ2n) is 2.44. The molecule has 72 valence electrons. The van der Waals surface area contributed by atoms with Gasteiger partial charge in [0, 0.05) is 20.6 Å². The summed E-state index contributed by atoms with van der Waals surface area (Å²) in [7, 11) is 2.48. The lowest BCUT2D eigenvalue weighted by Crippen LogP contribution is -2.37. The van der Waals surface area contributed by atoms with Crippen LogP contribution in [0.25, 0.3) is 0 Å². The van der Waals surface area contributed by atoms with Crippen molar-refractivity contribution in [1.29, 1.82) is 0 Å². The van der Waals surface area contributed by atoms with Crippen LogP contribution in [0.5, 0.6) is 0 Å². The van der Waals surface area contributed by atoms with Gasteiger partial charge in [-0.25, -0.2) is 0 Å². The van der Waals surface area contributed by atoms with Crippen LogP contribution in [0.15, 0.2) is 12.3 Å². The number of ether oxygens (including phenoxy) is 2. The minimum Gasteiger partial charge on any atom is -0.371 e. The highest BCUT2D eigenvalue weighted by Crippen LogP contribution is 2.19. The molecule has 0 fully saturated rings. The zero-order valence-electron chi connectivity index (χ0n) is 8.13. The Bertz CT molecular complexity index is 123. The molecule has 0 aliphatic carbocycles. The summed E-state index contributed by atoms with van der Waals surface area (Å²) in [6, 6.07) is 0. The van der Waals surface area contributed by atoms with E-state index >= 15 is 0 Å². The minimum atomic E-state index is -0.824. The minimum absolute atomic E-state index is 0.711. The van der Waals surface area contributed by atoms with Gasteiger partial charge >= 0.3 is 0 Å². The lowest BCUT2D eigenvalue weighted by Gasteiger charge is -2.30. The molecule has 0 amide bonds. The van der Waals surface area contributed by atoms with E-state index in [4.69, 9.17) is 13.9 Å². The van der Waals surface area contributed by atoms with Gasteiger partial charge in [-0.15, -0.1) is 6.58 Å². The molecule has 0 aromatic heterocycles. The van der Waals surface area contributed by atoms with Gasteiger partial charge in [0.2, 0.25) is 0 Å². The van der Waals surface area contributed by atoms with Crippen LogP contribution in [0.1, 0.15) is 19.8 Å². The molecule has 0 aromatic rings. The molecular weight excluding hydrogens is 172 g/mol. The molecule has 4 heteroatoms. The molecule has 12 heavy (non-hydrogen) atoms. The third kappa shape index (κ3) is 3.49. The molecular formula is C8H18O3Si. The fourth-order valence-corrected chi connectivity index (χ4v) is 1.72. The van der Waals surface area contributed by atoms with Gasteiger partial charge in [0.25, 0.3) is 5.97 Å². The van der Waals surface area contributed by atoms with E-state index in [0.717, 1.165) is 12.8 Å². The monoisotopic (exact) mass is 190 g/mol. The predicted molar refractivity (Wildman–Crippen MR) is 51.5 cm³/mol. The summed E-state index contributed by atoms with van der Waals surface area (Å²) in [5, 5.41) is 0. The number of rotatable bonds is 7. The van der Waals surface area contributed by atoms with Crippen molar-refractivity contribution in [2.24, 2.45) is 0 Å². The maximum absolute atomic E-state index is 5.49. The van der Waals surface area contributed by atoms with Gasteiger partial charge in [0.1, 0.15) is 0 Å². The van der Waals surface area contributed by atoms with Gasteiger partial charge in [-0.1, -0.05) is 12.6 Å². The third-order valence-electron chi connectivity index (χ3n) is 1.60. The van der Waals surface area contributed by atoms with Crippen molar-refractivity contribution < 1.29 is 13.9 Å². The Balaban J connectivity index is 4.03. The van der Waals surface area contributed by atoms with E-state index in [1.807, 2.05) is 5.70 Å². The van der Waals surface area contributed by atoms with Crippen LogP contribution in [0, 0.1) is 0 Å². The molecule has 0 saturated carbocycles. The van der Waals surface area contributed by atoms with Crippen LogP contribution in [0.4, 0.5) is 0 Å². The first-order chi connectivity index (χ1) is 5.74. The van der Waals surface area contributed by atoms with Crippen molar-refractivity contribution in [3.05, 3.63) is 12.3 Å². The molecule has 0 atom stereocenters. The van der Waals surface area contributed by atoms with E-state index in [2.05, 4.69) is 13.5 Å². The third-order valence-corrected chi connectivity index (χ3v) is 2.44. The Hall–Kier alpha value is -0.163. The highest BCUT2D eigenvalue weighted by molar-refractivity contribution is 6.34. The van der Waals surface area contributed by atoms with Crippen LogP contribution in [-0.4, -0.2) is 30.0 Å². The molecule has 0 heterocycles. The summed E-state index contributed by atoms with van der Waals surface area (Å²) in [6.45, 7) is 5.68. The lowest BCUT2D eigenvalue weighted by atomic mass is 10.3.